The summed E-state index contributed by atoms with van der Waals surface area (Å²) in [5, 5.41) is 15.5. The first-order chi connectivity index (χ1) is 6.70. The van der Waals surface area contributed by atoms with Crippen molar-refractivity contribution in [1.82, 2.24) is 9.78 Å². The number of aryl methyl sites for hydroxylation is 1. The Morgan fingerprint density at radius 1 is 1.50 bits per heavy atom. The summed E-state index contributed by atoms with van der Waals surface area (Å²) in [5.41, 5.74) is 1.36. The minimum Gasteiger partial charge on any atom is -0.618 e. The molecular formula is C9H8BrN3O. The van der Waals surface area contributed by atoms with Gasteiger partial charge in [0.05, 0.1) is 10.7 Å². The van der Waals surface area contributed by atoms with Crippen LogP contribution in [0.4, 0.5) is 0 Å². The molecule has 14 heavy (non-hydrogen) atoms. The molecule has 2 aromatic heterocycles. The largest absolute Gasteiger partial charge is 0.618 e. The number of pyridine rings is 1. The monoisotopic (exact) mass is 253 g/mol. The second-order valence-corrected chi connectivity index (χ2v) is 3.73. The standard InChI is InChI=1S/C9H8BrN3O/c1-12-9(7(10)6-11-12)8-4-2-3-5-13(8)14/h2-6H,1H3. The van der Waals surface area contributed by atoms with Crippen molar-refractivity contribution in [2.24, 2.45) is 7.05 Å². The van der Waals surface area contributed by atoms with Gasteiger partial charge in [0.25, 0.3) is 0 Å². The highest BCUT2D eigenvalue weighted by molar-refractivity contribution is 9.10. The van der Waals surface area contributed by atoms with Gasteiger partial charge in [-0.05, 0) is 22.0 Å². The maximum atomic E-state index is 11.5. The zero-order valence-corrected chi connectivity index (χ0v) is 9.10. The van der Waals surface area contributed by atoms with Crippen LogP contribution in [0.1, 0.15) is 0 Å². The van der Waals surface area contributed by atoms with Crippen LogP contribution in [0.15, 0.2) is 35.1 Å². The molecule has 72 valence electrons. The molecule has 0 fully saturated rings. The van der Waals surface area contributed by atoms with Gasteiger partial charge in [-0.25, -0.2) is 0 Å². The molecule has 0 saturated carbocycles. The van der Waals surface area contributed by atoms with E-state index >= 15 is 0 Å². The van der Waals surface area contributed by atoms with Gasteiger partial charge in [-0.2, -0.15) is 9.83 Å². The summed E-state index contributed by atoms with van der Waals surface area (Å²) in [6, 6.07) is 5.28. The third-order valence-electron chi connectivity index (χ3n) is 1.96. The number of hydrogen-bond donors (Lipinski definition) is 0. The second kappa shape index (κ2) is 3.42. The first kappa shape index (κ1) is 9.21. The van der Waals surface area contributed by atoms with E-state index in [-0.39, 0.29) is 0 Å². The molecule has 0 bridgehead atoms. The smallest absolute Gasteiger partial charge is 0.243 e. The molecule has 0 atom stereocenters. The molecule has 5 heteroatoms. The van der Waals surface area contributed by atoms with Gasteiger partial charge in [0.15, 0.2) is 6.20 Å². The fraction of sp³-hybridized carbons (Fsp3) is 0.111. The van der Waals surface area contributed by atoms with E-state index in [2.05, 4.69) is 21.0 Å². The van der Waals surface area contributed by atoms with Gasteiger partial charge >= 0.3 is 0 Å². The molecule has 0 N–H and O–H groups in total. The molecule has 0 unspecified atom stereocenters. The van der Waals surface area contributed by atoms with E-state index in [1.54, 1.807) is 30.1 Å². The van der Waals surface area contributed by atoms with Crippen molar-refractivity contribution in [1.29, 1.82) is 0 Å². The van der Waals surface area contributed by atoms with Gasteiger partial charge in [0.1, 0.15) is 5.69 Å². The molecule has 0 aromatic carbocycles. The SMILES string of the molecule is Cn1ncc(Br)c1-c1cccc[n+]1[O-]. The Hall–Kier alpha value is -1.36. The van der Waals surface area contributed by atoms with Crippen LogP contribution in [0.2, 0.25) is 0 Å². The molecule has 0 aliphatic carbocycles. The van der Waals surface area contributed by atoms with Crippen molar-refractivity contribution >= 4 is 15.9 Å². The highest BCUT2D eigenvalue weighted by Crippen LogP contribution is 2.24. The normalized spacial score (nSPS) is 10.4. The molecule has 4 nitrogen and oxygen atoms in total. The lowest BCUT2D eigenvalue weighted by molar-refractivity contribution is -0.593. The van der Waals surface area contributed by atoms with E-state index in [0.29, 0.717) is 5.69 Å². The Morgan fingerprint density at radius 3 is 2.86 bits per heavy atom. The Kier molecular flexibility index (Phi) is 2.25. The van der Waals surface area contributed by atoms with Crippen molar-refractivity contribution < 1.29 is 4.73 Å². The molecule has 0 aliphatic heterocycles. The predicted octanol–water partition coefficient (Wildman–Crippen LogP) is 1.48. The van der Waals surface area contributed by atoms with Crippen LogP contribution in [-0.4, -0.2) is 9.78 Å². The van der Waals surface area contributed by atoms with E-state index in [1.807, 2.05) is 6.07 Å². The third kappa shape index (κ3) is 1.39. The first-order valence-electron chi connectivity index (χ1n) is 4.06. The van der Waals surface area contributed by atoms with Gasteiger partial charge in [0.2, 0.25) is 5.69 Å². The van der Waals surface area contributed by atoms with Gasteiger partial charge in [0, 0.05) is 19.2 Å². The summed E-state index contributed by atoms with van der Waals surface area (Å²) in [7, 11) is 1.80. The minimum atomic E-state index is 0.583. The lowest BCUT2D eigenvalue weighted by Crippen LogP contribution is -2.28. The lowest BCUT2D eigenvalue weighted by atomic mass is 10.3. The molecule has 0 spiro atoms. The van der Waals surface area contributed by atoms with Crippen LogP contribution in [-0.2, 0) is 7.05 Å². The zero-order valence-electron chi connectivity index (χ0n) is 7.51. The van der Waals surface area contributed by atoms with E-state index in [4.69, 9.17) is 0 Å². The number of hydrogen-bond acceptors (Lipinski definition) is 2. The first-order valence-corrected chi connectivity index (χ1v) is 4.85. The molecule has 2 heterocycles. The molecule has 0 amide bonds. The molecule has 0 aliphatic rings. The highest BCUT2D eigenvalue weighted by atomic mass is 79.9. The van der Waals surface area contributed by atoms with Crippen LogP contribution in [0.25, 0.3) is 11.4 Å². The van der Waals surface area contributed by atoms with E-state index < -0.39 is 0 Å². The van der Waals surface area contributed by atoms with Crippen LogP contribution < -0.4 is 4.73 Å². The predicted molar refractivity (Wildman–Crippen MR) is 55.3 cm³/mol. The highest BCUT2D eigenvalue weighted by Gasteiger charge is 2.15. The average molecular weight is 254 g/mol. The summed E-state index contributed by atoms with van der Waals surface area (Å²) in [5.74, 6) is 0. The maximum Gasteiger partial charge on any atom is 0.243 e. The van der Waals surface area contributed by atoms with Crippen molar-refractivity contribution in [3.8, 4) is 11.4 Å². The zero-order chi connectivity index (χ0) is 10.1. The number of halogens is 1. The van der Waals surface area contributed by atoms with E-state index in [9.17, 15) is 5.21 Å². The lowest BCUT2D eigenvalue weighted by Gasteiger charge is -2.04. The summed E-state index contributed by atoms with van der Waals surface area (Å²) in [6.07, 6.45) is 3.14. The van der Waals surface area contributed by atoms with Crippen molar-refractivity contribution in [2.75, 3.05) is 0 Å². The van der Waals surface area contributed by atoms with Gasteiger partial charge in [-0.15, -0.1) is 0 Å². The van der Waals surface area contributed by atoms with Crippen LogP contribution >= 0.6 is 15.9 Å². The van der Waals surface area contributed by atoms with Gasteiger partial charge < -0.3 is 5.21 Å². The topological polar surface area (TPSA) is 44.8 Å². The van der Waals surface area contributed by atoms with Crippen molar-refractivity contribution in [2.45, 2.75) is 0 Å². The molecule has 2 rings (SSSR count). The summed E-state index contributed by atoms with van der Waals surface area (Å²) < 4.78 is 3.30. The third-order valence-corrected chi connectivity index (χ3v) is 2.54. The van der Waals surface area contributed by atoms with Crippen LogP contribution in [0.3, 0.4) is 0 Å². The fourth-order valence-corrected chi connectivity index (χ4v) is 1.86. The molecular weight excluding hydrogens is 246 g/mol. The molecule has 0 saturated heterocycles. The summed E-state index contributed by atoms with van der Waals surface area (Å²) >= 11 is 3.35. The van der Waals surface area contributed by atoms with Gasteiger partial charge in [-0.1, -0.05) is 0 Å². The Balaban J connectivity index is 2.66. The number of aromatic nitrogens is 3. The van der Waals surface area contributed by atoms with E-state index in [1.165, 1.54) is 6.20 Å². The Morgan fingerprint density at radius 2 is 2.29 bits per heavy atom. The quantitative estimate of drug-likeness (QED) is 0.571. The minimum absolute atomic E-state index is 0.583. The van der Waals surface area contributed by atoms with E-state index in [0.717, 1.165) is 14.9 Å². The summed E-state index contributed by atoms with van der Waals surface area (Å²) in [6.45, 7) is 0. The van der Waals surface area contributed by atoms with Gasteiger partial charge in [-0.3, -0.25) is 4.68 Å². The number of rotatable bonds is 1. The second-order valence-electron chi connectivity index (χ2n) is 2.88. The molecule has 0 radical (unpaired) electrons. The average Bonchev–Trinajstić information content (AvgIpc) is 2.48. The van der Waals surface area contributed by atoms with Crippen LogP contribution in [0.5, 0.6) is 0 Å². The van der Waals surface area contributed by atoms with Crippen molar-refractivity contribution in [3.05, 3.63) is 40.3 Å². The van der Waals surface area contributed by atoms with Crippen molar-refractivity contribution in [3.63, 3.8) is 0 Å². The Labute approximate surface area is 89.5 Å². The van der Waals surface area contributed by atoms with Crippen LogP contribution in [0, 0.1) is 5.21 Å². The summed E-state index contributed by atoms with van der Waals surface area (Å²) in [4.78, 5) is 0. The Bertz CT molecular complexity index is 447. The fourth-order valence-electron chi connectivity index (χ4n) is 1.31. The number of nitrogens with zero attached hydrogens (tertiary/aromatic N) is 3. The maximum absolute atomic E-state index is 11.5. The molecule has 2 aromatic rings.